The molecule has 0 fully saturated rings. The van der Waals surface area contributed by atoms with Crippen LogP contribution >= 0.6 is 0 Å². The molecule has 182 valence electrons. The molecule has 3 aromatic carbocycles. The molecular weight excluding hydrogens is 454 g/mol. The molecule has 0 aliphatic heterocycles. The number of rotatable bonds is 7. The summed E-state index contributed by atoms with van der Waals surface area (Å²) in [5.41, 5.74) is 4.75. The van der Waals surface area contributed by atoms with E-state index in [2.05, 4.69) is 10.6 Å². The first-order chi connectivity index (χ1) is 17.3. The maximum atomic E-state index is 13.5. The molecule has 0 bridgehead atoms. The van der Waals surface area contributed by atoms with E-state index in [-0.39, 0.29) is 5.56 Å². The second-order valence-corrected chi connectivity index (χ2v) is 8.61. The molecule has 1 heterocycles. The van der Waals surface area contributed by atoms with Crippen molar-refractivity contribution in [2.75, 3.05) is 5.32 Å². The Morgan fingerprint density at radius 2 is 1.42 bits per heavy atom. The minimum Gasteiger partial charge on any atom is -0.465 e. The predicted molar refractivity (Wildman–Crippen MR) is 140 cm³/mol. The van der Waals surface area contributed by atoms with Crippen LogP contribution in [0.2, 0.25) is 0 Å². The summed E-state index contributed by atoms with van der Waals surface area (Å²) in [6.45, 7) is 1.88. The molecule has 3 N–H and O–H groups in total. The molecule has 0 saturated heterocycles. The van der Waals surface area contributed by atoms with Gasteiger partial charge in [0.15, 0.2) is 0 Å². The van der Waals surface area contributed by atoms with E-state index < -0.39 is 24.0 Å². The van der Waals surface area contributed by atoms with Gasteiger partial charge in [0.1, 0.15) is 6.04 Å². The van der Waals surface area contributed by atoms with Crippen LogP contribution in [-0.4, -0.2) is 27.7 Å². The van der Waals surface area contributed by atoms with E-state index in [1.165, 1.54) is 4.57 Å². The van der Waals surface area contributed by atoms with Crippen LogP contribution in [0, 0.1) is 6.92 Å². The maximum Gasteiger partial charge on any atom is 0.405 e. The van der Waals surface area contributed by atoms with Crippen molar-refractivity contribution < 1.29 is 14.7 Å². The molecule has 0 spiro atoms. The van der Waals surface area contributed by atoms with Crippen molar-refractivity contribution in [1.82, 2.24) is 9.88 Å². The number of hydrogen-bond acceptors (Lipinski definition) is 3. The van der Waals surface area contributed by atoms with Gasteiger partial charge in [-0.1, -0.05) is 72.8 Å². The fourth-order valence-corrected chi connectivity index (χ4v) is 4.31. The number of pyridine rings is 1. The fourth-order valence-electron chi connectivity index (χ4n) is 4.31. The van der Waals surface area contributed by atoms with Gasteiger partial charge in [0.05, 0.1) is 0 Å². The standard InChI is InChI=1S/C29H27N3O4/c1-19-17-25(33)32(2)18-24(19)20-13-15-23(16-14-20)30-28(34)27(31-29(35)36)26(21-9-5-3-6-10-21)22-11-7-4-8-12-22/h3-18,26-27,31H,1-2H3,(H,30,34)(H,35,36). The molecule has 1 unspecified atom stereocenters. The van der Waals surface area contributed by atoms with Crippen LogP contribution in [0.4, 0.5) is 10.5 Å². The molecule has 7 heteroatoms. The third-order valence-corrected chi connectivity index (χ3v) is 6.11. The summed E-state index contributed by atoms with van der Waals surface area (Å²) < 4.78 is 1.52. The van der Waals surface area contributed by atoms with Gasteiger partial charge < -0.3 is 20.3 Å². The van der Waals surface area contributed by atoms with Gasteiger partial charge in [-0.3, -0.25) is 9.59 Å². The molecule has 2 amide bonds. The molecule has 1 aromatic heterocycles. The van der Waals surface area contributed by atoms with Crippen molar-refractivity contribution >= 4 is 17.7 Å². The molecule has 0 aliphatic rings. The summed E-state index contributed by atoms with van der Waals surface area (Å²) >= 11 is 0. The van der Waals surface area contributed by atoms with Crippen LogP contribution in [0.3, 0.4) is 0 Å². The van der Waals surface area contributed by atoms with Gasteiger partial charge in [0.2, 0.25) is 5.91 Å². The molecule has 4 rings (SSSR count). The summed E-state index contributed by atoms with van der Waals surface area (Å²) in [5, 5.41) is 14.8. The predicted octanol–water partition coefficient (Wildman–Crippen LogP) is 4.77. The SMILES string of the molecule is Cc1cc(=O)n(C)cc1-c1ccc(NC(=O)C(NC(=O)O)C(c2ccccc2)c2ccccc2)cc1. The number of aryl methyl sites for hydroxylation is 2. The van der Waals surface area contributed by atoms with Gasteiger partial charge >= 0.3 is 6.09 Å². The average Bonchev–Trinajstić information content (AvgIpc) is 2.87. The molecule has 36 heavy (non-hydrogen) atoms. The first-order valence-electron chi connectivity index (χ1n) is 11.5. The minimum atomic E-state index is -1.28. The second kappa shape index (κ2) is 10.7. The molecule has 4 aromatic rings. The number of carboxylic acid groups (broad SMARTS) is 1. The largest absolute Gasteiger partial charge is 0.465 e. The average molecular weight is 482 g/mol. The molecule has 0 radical (unpaired) electrons. The van der Waals surface area contributed by atoms with E-state index >= 15 is 0 Å². The second-order valence-electron chi connectivity index (χ2n) is 8.61. The Labute approximate surface area is 209 Å². The summed E-state index contributed by atoms with van der Waals surface area (Å²) in [7, 11) is 1.70. The number of nitrogens with zero attached hydrogens (tertiary/aromatic N) is 1. The number of amides is 2. The van der Waals surface area contributed by atoms with Crippen molar-refractivity contribution in [3.05, 3.63) is 124 Å². The topological polar surface area (TPSA) is 100 Å². The molecule has 0 saturated carbocycles. The quantitative estimate of drug-likeness (QED) is 0.354. The molecule has 0 aliphatic carbocycles. The highest BCUT2D eigenvalue weighted by Gasteiger charge is 2.32. The lowest BCUT2D eigenvalue weighted by molar-refractivity contribution is -0.118. The monoisotopic (exact) mass is 481 g/mol. The van der Waals surface area contributed by atoms with Crippen LogP contribution < -0.4 is 16.2 Å². The van der Waals surface area contributed by atoms with Crippen LogP contribution in [0.15, 0.2) is 102 Å². The van der Waals surface area contributed by atoms with E-state index in [1.54, 1.807) is 31.4 Å². The lowest BCUT2D eigenvalue weighted by Crippen LogP contribution is -2.47. The number of hydrogen-bond donors (Lipinski definition) is 3. The lowest BCUT2D eigenvalue weighted by atomic mass is 9.84. The Kier molecular flexibility index (Phi) is 7.30. The van der Waals surface area contributed by atoms with Crippen LogP contribution in [0.25, 0.3) is 11.1 Å². The Bertz CT molecular complexity index is 1380. The van der Waals surface area contributed by atoms with Crippen molar-refractivity contribution in [1.29, 1.82) is 0 Å². The fraction of sp³-hybridized carbons (Fsp3) is 0.138. The number of nitrogens with one attached hydrogen (secondary N) is 2. The van der Waals surface area contributed by atoms with E-state index in [4.69, 9.17) is 0 Å². The van der Waals surface area contributed by atoms with Crippen LogP contribution in [-0.2, 0) is 11.8 Å². The Balaban J connectivity index is 1.64. The number of carbonyl (C=O) groups excluding carboxylic acids is 1. The highest BCUT2D eigenvalue weighted by molar-refractivity contribution is 5.97. The Morgan fingerprint density at radius 3 is 1.94 bits per heavy atom. The van der Waals surface area contributed by atoms with Crippen molar-refractivity contribution in [2.45, 2.75) is 18.9 Å². The molecular formula is C29H27N3O4. The maximum absolute atomic E-state index is 13.5. The Morgan fingerprint density at radius 1 is 0.861 bits per heavy atom. The zero-order valence-corrected chi connectivity index (χ0v) is 20.0. The van der Waals surface area contributed by atoms with Gasteiger partial charge in [0.25, 0.3) is 5.56 Å². The van der Waals surface area contributed by atoms with Gasteiger partial charge in [-0.15, -0.1) is 0 Å². The normalized spacial score (nSPS) is 11.6. The Hall–Kier alpha value is -4.65. The number of benzene rings is 3. The van der Waals surface area contributed by atoms with Gasteiger partial charge in [-0.05, 0) is 41.3 Å². The van der Waals surface area contributed by atoms with E-state index in [0.717, 1.165) is 27.8 Å². The van der Waals surface area contributed by atoms with E-state index in [9.17, 15) is 19.5 Å². The van der Waals surface area contributed by atoms with Gasteiger partial charge in [0, 0.05) is 36.5 Å². The summed E-state index contributed by atoms with van der Waals surface area (Å²) in [6.07, 6.45) is 0.495. The summed E-state index contributed by atoms with van der Waals surface area (Å²) in [4.78, 5) is 37.0. The number of aromatic nitrogens is 1. The molecule has 7 nitrogen and oxygen atoms in total. The van der Waals surface area contributed by atoms with Gasteiger partial charge in [-0.2, -0.15) is 0 Å². The number of carbonyl (C=O) groups is 2. The van der Waals surface area contributed by atoms with Crippen LogP contribution in [0.1, 0.15) is 22.6 Å². The third kappa shape index (κ3) is 5.52. The smallest absolute Gasteiger partial charge is 0.405 e. The minimum absolute atomic E-state index is 0.0801. The zero-order valence-electron chi connectivity index (χ0n) is 20.0. The molecule has 1 atom stereocenters. The first kappa shape index (κ1) is 24.5. The zero-order chi connectivity index (χ0) is 25.7. The third-order valence-electron chi connectivity index (χ3n) is 6.11. The highest BCUT2D eigenvalue weighted by atomic mass is 16.4. The van der Waals surface area contributed by atoms with Gasteiger partial charge in [-0.25, -0.2) is 4.79 Å². The summed E-state index contributed by atoms with van der Waals surface area (Å²) in [5.74, 6) is -1.00. The van der Waals surface area contributed by atoms with Crippen LogP contribution in [0.5, 0.6) is 0 Å². The van der Waals surface area contributed by atoms with Crippen molar-refractivity contribution in [2.24, 2.45) is 7.05 Å². The van der Waals surface area contributed by atoms with Crippen molar-refractivity contribution in [3.8, 4) is 11.1 Å². The highest BCUT2D eigenvalue weighted by Crippen LogP contribution is 2.29. The number of anilines is 1. The lowest BCUT2D eigenvalue weighted by Gasteiger charge is -2.27. The summed E-state index contributed by atoms with van der Waals surface area (Å²) in [6, 6.07) is 26.5. The van der Waals surface area contributed by atoms with E-state index in [1.807, 2.05) is 79.7 Å². The van der Waals surface area contributed by atoms with E-state index in [0.29, 0.717) is 5.69 Å². The van der Waals surface area contributed by atoms with Crippen molar-refractivity contribution in [3.63, 3.8) is 0 Å². The first-order valence-corrected chi connectivity index (χ1v) is 11.5.